The number of unbranched alkanes of at least 4 members (excludes halogenated alkanes) is 8. The van der Waals surface area contributed by atoms with Gasteiger partial charge in [-0.05, 0) is 51.4 Å². The van der Waals surface area contributed by atoms with Gasteiger partial charge in [-0.25, -0.2) is 0 Å². The maximum absolute atomic E-state index is 6.51. The molecule has 0 aromatic rings. The van der Waals surface area contributed by atoms with E-state index in [4.69, 9.17) is 28.4 Å². The van der Waals surface area contributed by atoms with Crippen LogP contribution in [-0.4, -0.2) is 64.4 Å². The minimum atomic E-state index is -0.0771. The third-order valence-corrected chi connectivity index (χ3v) is 7.18. The molecule has 0 aromatic heterocycles. The summed E-state index contributed by atoms with van der Waals surface area (Å²) in [4.78, 5) is 0. The minimum absolute atomic E-state index is 0.0447. The molecule has 6 heteroatoms. The van der Waals surface area contributed by atoms with Crippen molar-refractivity contribution < 1.29 is 28.4 Å². The summed E-state index contributed by atoms with van der Waals surface area (Å²) in [5, 5.41) is 0. The number of rotatable bonds is 21. The minimum Gasteiger partial charge on any atom is -0.369 e. The van der Waals surface area contributed by atoms with Crippen LogP contribution in [0.5, 0.6) is 0 Å². The highest BCUT2D eigenvalue weighted by Crippen LogP contribution is 2.35. The Labute approximate surface area is 221 Å². The molecular formula is C30H54O6. The third-order valence-electron chi connectivity index (χ3n) is 7.18. The lowest BCUT2D eigenvalue weighted by Crippen LogP contribution is -2.34. The molecule has 2 fully saturated rings. The van der Waals surface area contributed by atoms with E-state index in [9.17, 15) is 0 Å². The van der Waals surface area contributed by atoms with Crippen LogP contribution >= 0.6 is 0 Å². The molecule has 0 unspecified atom stereocenters. The molecule has 0 amide bonds. The number of hydrogen-bond acceptors (Lipinski definition) is 6. The van der Waals surface area contributed by atoms with Crippen LogP contribution in [0.15, 0.2) is 24.3 Å². The molecule has 2 rings (SSSR count). The van der Waals surface area contributed by atoms with E-state index in [1.807, 2.05) is 0 Å². The van der Waals surface area contributed by atoms with Crippen LogP contribution in [-0.2, 0) is 28.4 Å². The van der Waals surface area contributed by atoms with Crippen molar-refractivity contribution in [2.75, 3.05) is 27.8 Å². The van der Waals surface area contributed by atoms with Crippen LogP contribution in [0.4, 0.5) is 0 Å². The topological polar surface area (TPSA) is 55.4 Å². The van der Waals surface area contributed by atoms with Gasteiger partial charge in [-0.3, -0.25) is 0 Å². The van der Waals surface area contributed by atoms with Gasteiger partial charge in [-0.2, -0.15) is 0 Å². The van der Waals surface area contributed by atoms with E-state index in [1.165, 1.54) is 51.4 Å². The van der Waals surface area contributed by atoms with Crippen molar-refractivity contribution in [3.05, 3.63) is 24.3 Å². The highest BCUT2D eigenvalue weighted by molar-refractivity contribution is 5.00. The van der Waals surface area contributed by atoms with E-state index in [-0.39, 0.29) is 50.2 Å². The number of methoxy groups -OCH3 is 2. The summed E-state index contributed by atoms with van der Waals surface area (Å²) in [6, 6.07) is 0. The average molecular weight is 511 g/mol. The van der Waals surface area contributed by atoms with Crippen LogP contribution in [0.25, 0.3) is 0 Å². The monoisotopic (exact) mass is 510 g/mol. The first-order valence-electron chi connectivity index (χ1n) is 14.6. The molecule has 36 heavy (non-hydrogen) atoms. The van der Waals surface area contributed by atoms with Gasteiger partial charge in [0.1, 0.15) is 25.8 Å². The van der Waals surface area contributed by atoms with Gasteiger partial charge in [0, 0.05) is 14.2 Å². The first kappa shape index (κ1) is 31.5. The molecular weight excluding hydrogens is 456 g/mol. The molecule has 2 heterocycles. The lowest BCUT2D eigenvalue weighted by atomic mass is 10.0. The summed E-state index contributed by atoms with van der Waals surface area (Å²) in [7, 11) is 3.33. The highest BCUT2D eigenvalue weighted by Gasteiger charge is 2.41. The third kappa shape index (κ3) is 12.2. The maximum Gasteiger partial charge on any atom is 0.147 e. The lowest BCUT2D eigenvalue weighted by Gasteiger charge is -2.25. The van der Waals surface area contributed by atoms with Gasteiger partial charge in [-0.15, -0.1) is 0 Å². The zero-order valence-electron chi connectivity index (χ0n) is 23.5. The molecule has 2 aliphatic heterocycles. The van der Waals surface area contributed by atoms with Crippen molar-refractivity contribution in [3.63, 3.8) is 0 Å². The van der Waals surface area contributed by atoms with Crippen LogP contribution < -0.4 is 0 Å². The molecule has 0 saturated carbocycles. The Hall–Kier alpha value is -0.760. The number of ether oxygens (including phenoxy) is 6. The second-order valence-corrected chi connectivity index (χ2v) is 10.2. The van der Waals surface area contributed by atoms with Gasteiger partial charge < -0.3 is 28.4 Å². The first-order chi connectivity index (χ1) is 17.7. The van der Waals surface area contributed by atoms with Crippen molar-refractivity contribution in [2.45, 2.75) is 140 Å². The van der Waals surface area contributed by atoms with Crippen molar-refractivity contribution >= 4 is 0 Å². The number of hydrogen-bond donors (Lipinski definition) is 0. The zero-order chi connectivity index (χ0) is 25.8. The molecule has 0 bridgehead atoms. The van der Waals surface area contributed by atoms with Crippen molar-refractivity contribution in [1.82, 2.24) is 0 Å². The van der Waals surface area contributed by atoms with Crippen LogP contribution in [0, 0.1) is 0 Å². The quantitative estimate of drug-likeness (QED) is 0.0931. The van der Waals surface area contributed by atoms with E-state index < -0.39 is 0 Å². The van der Waals surface area contributed by atoms with E-state index in [0.29, 0.717) is 0 Å². The van der Waals surface area contributed by atoms with Crippen LogP contribution in [0.3, 0.4) is 0 Å². The van der Waals surface area contributed by atoms with Gasteiger partial charge in [-0.1, -0.05) is 76.7 Å². The smallest absolute Gasteiger partial charge is 0.147 e. The molecule has 2 saturated heterocycles. The summed E-state index contributed by atoms with van der Waals surface area (Å²) < 4.78 is 35.3. The molecule has 0 aromatic carbocycles. The molecule has 2 aliphatic rings. The van der Waals surface area contributed by atoms with Gasteiger partial charge in [0.2, 0.25) is 0 Å². The summed E-state index contributed by atoms with van der Waals surface area (Å²) in [5.74, 6) is 0. The summed E-state index contributed by atoms with van der Waals surface area (Å²) >= 11 is 0. The Kier molecular flexibility index (Phi) is 17.7. The molecule has 0 N–H and O–H groups in total. The van der Waals surface area contributed by atoms with Crippen LogP contribution in [0.1, 0.15) is 104 Å². The predicted octanol–water partition coefficient (Wildman–Crippen LogP) is 7.11. The van der Waals surface area contributed by atoms with Crippen LogP contribution in [0.2, 0.25) is 0 Å². The SMILES string of the molecule is CCCCCC/C=C/[C@@H](OCOC)[C@H]1CC[C@H]([C@H]2CC[C@H]([C@@H](/C=C/CCCCCC)OCOC)O2)O1. The van der Waals surface area contributed by atoms with Gasteiger partial charge in [0.25, 0.3) is 0 Å². The first-order valence-corrected chi connectivity index (χ1v) is 14.6. The molecule has 6 nitrogen and oxygen atoms in total. The molecule has 210 valence electrons. The normalized spacial score (nSPS) is 26.4. The standard InChI is InChI=1S/C30H54O6/c1-5-7-9-11-13-15-17-25(33-23-31-3)27-19-21-29(35-27)30-22-20-28(36-30)26(34-24-32-4)18-16-14-12-10-8-6-2/h15-18,25-30H,5-14,19-24H2,1-4H3/b17-15+,18-16+/t25-,26-,27-,28-,29-,30-/m1/s1. The van der Waals surface area contributed by atoms with E-state index in [1.54, 1.807) is 14.2 Å². The fraction of sp³-hybridized carbons (Fsp3) is 0.867. The lowest BCUT2D eigenvalue weighted by molar-refractivity contribution is -0.141. The van der Waals surface area contributed by atoms with Gasteiger partial charge >= 0.3 is 0 Å². The van der Waals surface area contributed by atoms with Gasteiger partial charge in [0.15, 0.2) is 0 Å². The largest absolute Gasteiger partial charge is 0.369 e. The van der Waals surface area contributed by atoms with Crippen molar-refractivity contribution in [1.29, 1.82) is 0 Å². The predicted molar refractivity (Wildman–Crippen MR) is 145 cm³/mol. The fourth-order valence-electron chi connectivity index (χ4n) is 5.11. The Morgan fingerprint density at radius 1 is 0.639 bits per heavy atom. The van der Waals surface area contributed by atoms with Crippen molar-refractivity contribution in [2.24, 2.45) is 0 Å². The van der Waals surface area contributed by atoms with E-state index >= 15 is 0 Å². The summed E-state index contributed by atoms with van der Waals surface area (Å²) in [6.07, 6.45) is 25.3. The highest BCUT2D eigenvalue weighted by atomic mass is 16.7. The zero-order valence-corrected chi connectivity index (χ0v) is 23.5. The fourth-order valence-corrected chi connectivity index (χ4v) is 5.11. The second-order valence-electron chi connectivity index (χ2n) is 10.2. The second kappa shape index (κ2) is 20.2. The Morgan fingerprint density at radius 2 is 1.08 bits per heavy atom. The molecule has 0 radical (unpaired) electrons. The molecule has 6 atom stereocenters. The Morgan fingerprint density at radius 3 is 1.47 bits per heavy atom. The molecule has 0 spiro atoms. The van der Waals surface area contributed by atoms with Gasteiger partial charge in [0.05, 0.1) is 24.4 Å². The van der Waals surface area contributed by atoms with Crippen molar-refractivity contribution in [3.8, 4) is 0 Å². The number of allylic oxidation sites excluding steroid dienone is 2. The summed E-state index contributed by atoms with van der Waals surface area (Å²) in [6.45, 7) is 5.04. The summed E-state index contributed by atoms with van der Waals surface area (Å²) in [5.41, 5.74) is 0. The molecule has 0 aliphatic carbocycles. The Balaban J connectivity index is 1.84. The average Bonchev–Trinajstić information content (AvgIpc) is 3.57. The maximum atomic E-state index is 6.51. The van der Waals surface area contributed by atoms with E-state index in [0.717, 1.165) is 38.5 Å². The Bertz CT molecular complexity index is 530. The van der Waals surface area contributed by atoms with E-state index in [2.05, 4.69) is 38.2 Å².